The fourth-order valence-corrected chi connectivity index (χ4v) is 15.6. The minimum atomic E-state index is -1.02. The van der Waals surface area contributed by atoms with Crippen molar-refractivity contribution in [3.8, 4) is 0 Å². The van der Waals surface area contributed by atoms with Gasteiger partial charge in [-0.3, -0.25) is 33.6 Å². The van der Waals surface area contributed by atoms with Gasteiger partial charge in [-0.15, -0.1) is 0 Å². The average Bonchev–Trinajstić information content (AvgIpc) is 0.796. The lowest BCUT2D eigenvalue weighted by molar-refractivity contribution is -0.236. The molecule has 4 heterocycles. The van der Waals surface area contributed by atoms with Crippen molar-refractivity contribution in [3.63, 3.8) is 0 Å². The van der Waals surface area contributed by atoms with Crippen LogP contribution in [0.5, 0.6) is 0 Å². The highest BCUT2D eigenvalue weighted by Crippen LogP contribution is 2.32. The Morgan fingerprint density at radius 2 is 0.654 bits per heavy atom. The molecule has 1 aliphatic carbocycles. The minimum Gasteiger partial charge on any atom is -0.463 e. The van der Waals surface area contributed by atoms with Crippen molar-refractivity contribution in [2.45, 2.75) is 238 Å². The number of hydrogen-bond acceptors (Lipinski definition) is 26. The predicted molar refractivity (Wildman–Crippen MR) is 503 cm³/mol. The van der Waals surface area contributed by atoms with Gasteiger partial charge >= 0.3 is 41.8 Å². The molecular weight excluding hydrogens is 1740 g/mol. The molecule has 9 aromatic rings. The number of carbonyl (C=O) groups is 9. The van der Waals surface area contributed by atoms with Gasteiger partial charge in [-0.05, 0) is 82.2 Å². The zero-order valence-electron chi connectivity index (χ0n) is 78.2. The SMILES string of the molecule is CC(=O)NC1COC(COC(C)=O)C[C@H]1OCc1ccccc1.CC(=O)NC1COC(COC(C)=O)C[C@H]1OCc1ccccc1.CC(=O)OC1COC(C(=O)OCc2ccccc2)C[C@H]1OCc1ccccc1.CC(=O)OC1COC(C(=O)OCc2ccccc2)[C@@H](OCCCc2ccccc2)[C@H]1OCc1ccccc1.O=C(OCc1ccccc1)C1CCC[C@H](OCc2ccccc2)C1. The minimum absolute atomic E-state index is 0.00594. The summed E-state index contributed by atoms with van der Waals surface area (Å²) in [4.78, 5) is 106. The summed E-state index contributed by atoms with van der Waals surface area (Å²) >= 11 is 0. The van der Waals surface area contributed by atoms with E-state index in [9.17, 15) is 43.2 Å². The molecule has 14 rings (SSSR count). The third-order valence-corrected chi connectivity index (χ3v) is 22.4. The van der Waals surface area contributed by atoms with Crippen molar-refractivity contribution in [1.82, 2.24) is 10.6 Å². The molecule has 1 saturated carbocycles. The van der Waals surface area contributed by atoms with Gasteiger partial charge in [-0.25, -0.2) is 9.59 Å². The molecule has 5 fully saturated rings. The van der Waals surface area contributed by atoms with Gasteiger partial charge in [0.1, 0.15) is 51.3 Å². The Labute approximate surface area is 796 Å². The largest absolute Gasteiger partial charge is 0.463 e. The standard InChI is InChI=1S/C31H34O7.C22H24O6.C21H24O3.2C17H23NO5/c1-23(32)38-27-22-36-30(31(33)37-21-26-16-9-4-10-17-26)29(28(27)35-20-25-14-7-3-8-15-25)34-19-11-18-24-12-5-2-6-13-24;1-16(23)28-21-15-26-20(22(24)27-14-18-10-6-3-7-11-18)12-19(21)25-13-17-8-4-2-5-9-17;22-21(24-16-18-10-5-2-6-11-18)19-12-7-13-20(14-19)23-15-17-8-3-1-4-9-17;2*1-12(19)18-16-11-22-15(10-21-13(2)20)8-17(16)23-9-14-6-4-3-5-7-14/h2-10,12-17,27-30H,11,18-22H2,1H3;2-11,19-21H,12-15H2,1H3;1-6,8-11,19-20H,7,12-16H2;2*3-7,15-17H,8-11H2,1-2H3,(H,18,19)/t27?,28-,29-,30?;19-,20?,21?;19?,20-;2*15?,16?,17-/m01011/s1. The van der Waals surface area contributed by atoms with Gasteiger partial charge in [-0.1, -0.05) is 279 Å². The molecular formula is C108H128N2O26. The number of aryl methyl sites for hydroxylation is 1. The number of hydrogen-bond donors (Lipinski definition) is 2. The number of benzene rings is 9. The topological polar surface area (TPSA) is 335 Å². The lowest BCUT2D eigenvalue weighted by Gasteiger charge is -2.40. The third kappa shape index (κ3) is 40.0. The fraction of sp³-hybridized carbons (Fsp3) is 0.417. The molecule has 9 aromatic carbocycles. The molecule has 5 aliphatic rings. The lowest BCUT2D eigenvalue weighted by atomic mass is 9.87. The Balaban J connectivity index is 0.000000178. The van der Waals surface area contributed by atoms with Gasteiger partial charge in [0, 0.05) is 67.4 Å². The first-order valence-corrected chi connectivity index (χ1v) is 46.3. The second-order valence-corrected chi connectivity index (χ2v) is 33.5. The van der Waals surface area contributed by atoms with Gasteiger partial charge in [0.2, 0.25) is 11.8 Å². The third-order valence-electron chi connectivity index (χ3n) is 22.4. The summed E-state index contributed by atoms with van der Waals surface area (Å²) in [5.41, 5.74) is 9.25. The van der Waals surface area contributed by atoms with E-state index in [0.29, 0.717) is 65.7 Å². The van der Waals surface area contributed by atoms with E-state index < -0.39 is 66.6 Å². The quantitative estimate of drug-likeness (QED) is 0.0207. The van der Waals surface area contributed by atoms with Crippen LogP contribution < -0.4 is 10.6 Å². The normalized spacial score (nSPS) is 22.1. The fourth-order valence-electron chi connectivity index (χ4n) is 15.6. The molecule has 0 spiro atoms. The average molecular weight is 1870 g/mol. The van der Waals surface area contributed by atoms with E-state index in [0.717, 1.165) is 77.5 Å². The van der Waals surface area contributed by atoms with Gasteiger partial charge in [-0.2, -0.15) is 0 Å². The number of esters is 7. The predicted octanol–water partition coefficient (Wildman–Crippen LogP) is 15.1. The molecule has 28 nitrogen and oxygen atoms in total. The van der Waals surface area contributed by atoms with Gasteiger partial charge < -0.3 is 91.2 Å². The Hall–Kier alpha value is -12.2. The maximum Gasteiger partial charge on any atom is 0.338 e. The molecule has 0 bridgehead atoms. The molecule has 0 radical (unpaired) electrons. The number of amides is 2. The smallest absolute Gasteiger partial charge is 0.338 e. The van der Waals surface area contributed by atoms with Gasteiger partial charge in [0.25, 0.3) is 0 Å². The van der Waals surface area contributed by atoms with Crippen LogP contribution >= 0.6 is 0 Å². The number of nitrogens with one attached hydrogen (secondary N) is 2. The van der Waals surface area contributed by atoms with E-state index in [4.69, 9.17) is 80.5 Å². The van der Waals surface area contributed by atoms with Crippen molar-refractivity contribution in [3.05, 3.63) is 323 Å². The van der Waals surface area contributed by atoms with Crippen LogP contribution in [0, 0.1) is 5.92 Å². The Kier molecular flexibility index (Phi) is 46.4. The summed E-state index contributed by atoms with van der Waals surface area (Å²) in [7, 11) is 0. The van der Waals surface area contributed by atoms with Crippen molar-refractivity contribution < 1.29 is 124 Å². The molecule has 2 N–H and O–H groups in total. The van der Waals surface area contributed by atoms with Crippen LogP contribution in [-0.2, 0) is 183 Å². The molecule has 9 unspecified atom stereocenters. The second-order valence-electron chi connectivity index (χ2n) is 33.5. The van der Waals surface area contributed by atoms with Crippen molar-refractivity contribution in [1.29, 1.82) is 0 Å². The Bertz CT molecular complexity index is 4870. The highest BCUT2D eigenvalue weighted by molar-refractivity contribution is 5.77. The first kappa shape index (κ1) is 106. The molecule has 4 aliphatic heterocycles. The van der Waals surface area contributed by atoms with E-state index in [1.165, 1.54) is 52.7 Å². The van der Waals surface area contributed by atoms with Crippen LogP contribution in [0.2, 0.25) is 0 Å². The van der Waals surface area contributed by atoms with Crippen LogP contribution in [0.1, 0.15) is 143 Å². The van der Waals surface area contributed by atoms with Gasteiger partial charge in [0.05, 0.1) is 108 Å². The first-order valence-electron chi connectivity index (χ1n) is 46.3. The molecule has 15 atom stereocenters. The maximum absolute atomic E-state index is 13.2. The van der Waals surface area contributed by atoms with Crippen molar-refractivity contribution >= 4 is 53.6 Å². The van der Waals surface area contributed by atoms with E-state index in [-0.39, 0.29) is 131 Å². The first-order chi connectivity index (χ1) is 66.1. The van der Waals surface area contributed by atoms with Crippen LogP contribution in [0.15, 0.2) is 273 Å². The van der Waals surface area contributed by atoms with Crippen LogP contribution in [0.3, 0.4) is 0 Å². The Morgan fingerprint density at radius 3 is 1.05 bits per heavy atom. The van der Waals surface area contributed by atoms with E-state index in [1.54, 1.807) is 0 Å². The van der Waals surface area contributed by atoms with E-state index in [1.807, 2.05) is 249 Å². The number of ether oxygens (including phenoxy) is 17. The highest BCUT2D eigenvalue weighted by atomic mass is 16.6. The zero-order chi connectivity index (χ0) is 96.3. The molecule has 4 saturated heterocycles. The second kappa shape index (κ2) is 59.6. The monoisotopic (exact) mass is 1870 g/mol. The highest BCUT2D eigenvalue weighted by Gasteiger charge is 2.48. The molecule has 2 amide bonds. The van der Waals surface area contributed by atoms with Crippen molar-refractivity contribution in [2.75, 3.05) is 46.2 Å². The summed E-state index contributed by atoms with van der Waals surface area (Å²) in [5.74, 6) is -2.90. The summed E-state index contributed by atoms with van der Waals surface area (Å²) in [6, 6.07) is 87.6. The van der Waals surface area contributed by atoms with Crippen LogP contribution in [-0.4, -0.2) is 185 Å². The summed E-state index contributed by atoms with van der Waals surface area (Å²) in [5, 5.41) is 5.71. The maximum atomic E-state index is 13.2. The van der Waals surface area contributed by atoms with E-state index in [2.05, 4.69) is 34.9 Å². The molecule has 136 heavy (non-hydrogen) atoms. The molecule has 726 valence electrons. The van der Waals surface area contributed by atoms with Crippen LogP contribution in [0.25, 0.3) is 0 Å². The molecule has 28 heteroatoms. The Morgan fingerprint density at radius 1 is 0.301 bits per heavy atom. The van der Waals surface area contributed by atoms with Crippen LogP contribution in [0.4, 0.5) is 0 Å². The van der Waals surface area contributed by atoms with Gasteiger partial charge in [0.15, 0.2) is 24.4 Å². The van der Waals surface area contributed by atoms with E-state index >= 15 is 0 Å². The summed E-state index contributed by atoms with van der Waals surface area (Å²) in [6.07, 6.45) is 0.919. The lowest BCUT2D eigenvalue weighted by Crippen LogP contribution is -2.59. The summed E-state index contributed by atoms with van der Waals surface area (Å²) in [6.45, 7) is 12.7. The molecule has 0 aromatic heterocycles. The summed E-state index contributed by atoms with van der Waals surface area (Å²) < 4.78 is 96.5. The zero-order valence-corrected chi connectivity index (χ0v) is 78.2. The number of rotatable bonds is 37. The number of carbonyl (C=O) groups excluding carboxylic acids is 9. The van der Waals surface area contributed by atoms with Crippen molar-refractivity contribution in [2.24, 2.45) is 5.92 Å².